The van der Waals surface area contributed by atoms with E-state index in [9.17, 15) is 0 Å². The second kappa shape index (κ2) is 5.85. The van der Waals surface area contributed by atoms with E-state index in [-0.39, 0.29) is 0 Å². The summed E-state index contributed by atoms with van der Waals surface area (Å²) in [6.45, 7) is 6.22. The smallest absolute Gasteiger partial charge is 0.0467 e. The Bertz CT molecular complexity index is 376. The maximum atomic E-state index is 6.00. The minimum atomic E-state index is 0.365. The van der Waals surface area contributed by atoms with Crippen LogP contribution in [0.1, 0.15) is 42.0 Å². The summed E-state index contributed by atoms with van der Waals surface area (Å²) in [6, 6.07) is 7.15. The number of nitrogens with zero attached hydrogens (tertiary/aromatic N) is 1. The van der Waals surface area contributed by atoms with Crippen LogP contribution in [-0.2, 0) is 0 Å². The zero-order valence-corrected chi connectivity index (χ0v) is 11.9. The Morgan fingerprint density at radius 1 is 1.22 bits per heavy atom. The number of hydrogen-bond acceptors (Lipinski definition) is 2. The molecule has 0 saturated heterocycles. The average molecular weight is 246 g/mol. The molecule has 2 nitrogen and oxygen atoms in total. The second-order valence-corrected chi connectivity index (χ2v) is 5.91. The highest BCUT2D eigenvalue weighted by molar-refractivity contribution is 5.31. The van der Waals surface area contributed by atoms with Gasteiger partial charge in [0.05, 0.1) is 0 Å². The molecule has 0 aliphatic heterocycles. The molecule has 1 aliphatic carbocycles. The maximum Gasteiger partial charge on any atom is 0.0467 e. The molecule has 0 aromatic heterocycles. The van der Waals surface area contributed by atoms with Gasteiger partial charge in [-0.05, 0) is 45.2 Å². The fourth-order valence-corrected chi connectivity index (χ4v) is 2.98. The average Bonchev–Trinajstić information content (AvgIpc) is 2.23. The largest absolute Gasteiger partial charge is 0.329 e. The predicted molar refractivity (Wildman–Crippen MR) is 77.7 cm³/mol. The summed E-state index contributed by atoms with van der Waals surface area (Å²) in [5, 5.41) is 0. The van der Waals surface area contributed by atoms with Gasteiger partial charge in [0.2, 0.25) is 0 Å². The van der Waals surface area contributed by atoms with Crippen LogP contribution in [0.4, 0.5) is 0 Å². The highest BCUT2D eigenvalue weighted by Crippen LogP contribution is 2.29. The zero-order chi connectivity index (χ0) is 13.1. The van der Waals surface area contributed by atoms with Gasteiger partial charge in [-0.2, -0.15) is 0 Å². The van der Waals surface area contributed by atoms with E-state index in [0.29, 0.717) is 12.6 Å². The molecule has 0 amide bonds. The molecule has 2 heteroatoms. The van der Waals surface area contributed by atoms with Gasteiger partial charge in [0.1, 0.15) is 0 Å². The van der Waals surface area contributed by atoms with Crippen molar-refractivity contribution in [2.24, 2.45) is 11.7 Å². The number of rotatable bonds is 5. The first-order valence-electron chi connectivity index (χ1n) is 7.08. The van der Waals surface area contributed by atoms with Crippen molar-refractivity contribution in [2.75, 3.05) is 20.1 Å². The van der Waals surface area contributed by atoms with E-state index in [1.807, 2.05) is 0 Å². The Morgan fingerprint density at radius 2 is 1.83 bits per heavy atom. The van der Waals surface area contributed by atoms with Crippen LogP contribution in [0.15, 0.2) is 18.2 Å². The lowest BCUT2D eigenvalue weighted by molar-refractivity contribution is 0.165. The van der Waals surface area contributed by atoms with E-state index in [4.69, 9.17) is 5.73 Å². The van der Waals surface area contributed by atoms with Crippen LogP contribution in [0, 0.1) is 19.8 Å². The van der Waals surface area contributed by atoms with Gasteiger partial charge in [0.25, 0.3) is 0 Å². The van der Waals surface area contributed by atoms with Crippen molar-refractivity contribution < 1.29 is 0 Å². The Hall–Kier alpha value is -0.860. The molecule has 1 atom stereocenters. The quantitative estimate of drug-likeness (QED) is 0.865. The molecule has 1 aromatic rings. The molecule has 1 saturated carbocycles. The first-order chi connectivity index (χ1) is 8.60. The summed E-state index contributed by atoms with van der Waals surface area (Å²) in [6.07, 6.45) is 4.21. The third-order valence-electron chi connectivity index (χ3n) is 4.16. The Morgan fingerprint density at radius 3 is 2.28 bits per heavy atom. The first kappa shape index (κ1) is 13.6. The van der Waals surface area contributed by atoms with Crippen molar-refractivity contribution in [3.63, 3.8) is 0 Å². The molecule has 0 radical (unpaired) electrons. The van der Waals surface area contributed by atoms with Crippen molar-refractivity contribution >= 4 is 0 Å². The number of hydrogen-bond donors (Lipinski definition) is 1. The van der Waals surface area contributed by atoms with Gasteiger partial charge in [-0.1, -0.05) is 35.7 Å². The summed E-state index contributed by atoms with van der Waals surface area (Å²) in [5.41, 5.74) is 10.0. The van der Waals surface area contributed by atoms with Crippen LogP contribution in [0.2, 0.25) is 0 Å². The Balaban J connectivity index is 2.10. The van der Waals surface area contributed by atoms with Crippen molar-refractivity contribution in [1.29, 1.82) is 0 Å². The van der Waals surface area contributed by atoms with E-state index >= 15 is 0 Å². The lowest BCUT2D eigenvalue weighted by Gasteiger charge is -2.34. The van der Waals surface area contributed by atoms with E-state index in [1.165, 1.54) is 42.5 Å². The van der Waals surface area contributed by atoms with Crippen LogP contribution >= 0.6 is 0 Å². The van der Waals surface area contributed by atoms with E-state index in [2.05, 4.69) is 44.0 Å². The summed E-state index contributed by atoms with van der Waals surface area (Å²) in [5.74, 6) is 0.898. The normalized spacial score (nSPS) is 17.8. The fraction of sp³-hybridized carbons (Fsp3) is 0.625. The summed E-state index contributed by atoms with van der Waals surface area (Å²) in [4.78, 5) is 2.44. The molecule has 100 valence electrons. The molecule has 0 bridgehead atoms. The van der Waals surface area contributed by atoms with Crippen molar-refractivity contribution in [3.8, 4) is 0 Å². The molecule has 1 aliphatic rings. The number of likely N-dealkylation sites (N-methyl/N-ethyl adjacent to an activating group) is 1. The van der Waals surface area contributed by atoms with Gasteiger partial charge < -0.3 is 5.73 Å². The van der Waals surface area contributed by atoms with Crippen molar-refractivity contribution in [3.05, 3.63) is 34.9 Å². The van der Waals surface area contributed by atoms with Crippen molar-refractivity contribution in [2.45, 2.75) is 39.2 Å². The van der Waals surface area contributed by atoms with Crippen LogP contribution in [0.5, 0.6) is 0 Å². The minimum Gasteiger partial charge on any atom is -0.329 e. The highest BCUT2D eigenvalue weighted by atomic mass is 15.1. The second-order valence-electron chi connectivity index (χ2n) is 5.91. The first-order valence-corrected chi connectivity index (χ1v) is 7.08. The predicted octanol–water partition coefficient (Wildman–Crippen LogP) is 3.04. The lowest BCUT2D eigenvalue weighted by Crippen LogP contribution is -2.36. The molecule has 0 heterocycles. The zero-order valence-electron chi connectivity index (χ0n) is 11.9. The molecular formula is C16H26N2. The molecule has 1 aromatic carbocycles. The lowest BCUT2D eigenvalue weighted by atomic mass is 9.84. The molecular weight excluding hydrogens is 220 g/mol. The third-order valence-corrected chi connectivity index (χ3v) is 4.16. The molecule has 2 rings (SSSR count). The van der Waals surface area contributed by atoms with E-state index in [0.717, 1.165) is 5.92 Å². The van der Waals surface area contributed by atoms with Crippen LogP contribution in [0.25, 0.3) is 0 Å². The topological polar surface area (TPSA) is 29.3 Å². The maximum absolute atomic E-state index is 6.00. The Labute approximate surface area is 111 Å². The third kappa shape index (κ3) is 3.12. The van der Waals surface area contributed by atoms with Gasteiger partial charge in [-0.3, -0.25) is 4.90 Å². The molecule has 18 heavy (non-hydrogen) atoms. The Kier molecular flexibility index (Phi) is 4.41. The number of aryl methyl sites for hydroxylation is 2. The van der Waals surface area contributed by atoms with Crippen LogP contribution in [-0.4, -0.2) is 25.0 Å². The SMILES string of the molecule is Cc1cc(C)cc(C(CN)N(C)CC2CCC2)c1. The van der Waals surface area contributed by atoms with Gasteiger partial charge in [-0.25, -0.2) is 0 Å². The number of benzene rings is 1. The molecule has 2 N–H and O–H groups in total. The van der Waals surface area contributed by atoms with Crippen LogP contribution < -0.4 is 5.73 Å². The van der Waals surface area contributed by atoms with Gasteiger partial charge in [0, 0.05) is 19.1 Å². The standard InChI is InChI=1S/C16H26N2/c1-12-7-13(2)9-15(8-12)16(10-17)18(3)11-14-5-4-6-14/h7-9,14,16H,4-6,10-11,17H2,1-3H3. The summed E-state index contributed by atoms with van der Waals surface area (Å²) < 4.78 is 0. The van der Waals surface area contributed by atoms with Gasteiger partial charge >= 0.3 is 0 Å². The highest BCUT2D eigenvalue weighted by Gasteiger charge is 2.23. The number of nitrogens with two attached hydrogens (primary N) is 1. The fourth-order valence-electron chi connectivity index (χ4n) is 2.98. The van der Waals surface area contributed by atoms with Crippen LogP contribution in [0.3, 0.4) is 0 Å². The summed E-state index contributed by atoms with van der Waals surface area (Å²) >= 11 is 0. The summed E-state index contributed by atoms with van der Waals surface area (Å²) in [7, 11) is 2.22. The molecule has 1 unspecified atom stereocenters. The van der Waals surface area contributed by atoms with Crippen molar-refractivity contribution in [1.82, 2.24) is 4.90 Å². The monoisotopic (exact) mass is 246 g/mol. The minimum absolute atomic E-state index is 0.365. The molecule has 1 fully saturated rings. The van der Waals surface area contributed by atoms with Gasteiger partial charge in [-0.15, -0.1) is 0 Å². The molecule has 0 spiro atoms. The van der Waals surface area contributed by atoms with E-state index < -0.39 is 0 Å². The van der Waals surface area contributed by atoms with Gasteiger partial charge in [0.15, 0.2) is 0 Å². The van der Waals surface area contributed by atoms with E-state index in [1.54, 1.807) is 0 Å².